The Balaban J connectivity index is 1.72. The number of hydrogen-bond acceptors (Lipinski definition) is 8. The lowest BCUT2D eigenvalue weighted by molar-refractivity contribution is -0.143. The third kappa shape index (κ3) is 5.98. The molecule has 0 saturated heterocycles. The molecule has 0 unspecified atom stereocenters. The number of amides is 1. The Hall–Kier alpha value is -4.29. The topological polar surface area (TPSA) is 133 Å². The van der Waals surface area contributed by atoms with E-state index in [1.54, 1.807) is 43.3 Å². The number of aromatic nitrogens is 1. The van der Waals surface area contributed by atoms with Crippen LogP contribution in [0.2, 0.25) is 0 Å². The lowest BCUT2D eigenvalue weighted by atomic mass is 10.2. The van der Waals surface area contributed by atoms with E-state index in [1.165, 1.54) is 48.1 Å². The molecule has 0 atom stereocenters. The summed E-state index contributed by atoms with van der Waals surface area (Å²) >= 11 is 1.11. The molecule has 0 radical (unpaired) electrons. The number of thiazole rings is 1. The summed E-state index contributed by atoms with van der Waals surface area (Å²) in [7, 11) is -2.58. The van der Waals surface area contributed by atoms with Crippen molar-refractivity contribution < 1.29 is 32.3 Å². The predicted octanol–water partition coefficient (Wildman–Crippen LogP) is 3.59. The van der Waals surface area contributed by atoms with Crippen molar-refractivity contribution in [2.75, 3.05) is 18.4 Å². The zero-order chi connectivity index (χ0) is 27.3. The highest BCUT2D eigenvalue weighted by atomic mass is 32.2. The van der Waals surface area contributed by atoms with E-state index in [0.29, 0.717) is 15.8 Å². The molecule has 12 heteroatoms. The highest BCUT2D eigenvalue weighted by Crippen LogP contribution is 2.21. The van der Waals surface area contributed by atoms with Crippen molar-refractivity contribution in [2.24, 2.45) is 4.99 Å². The lowest BCUT2D eigenvalue weighted by Crippen LogP contribution is -2.23. The number of methoxy groups -OCH3 is 1. The van der Waals surface area contributed by atoms with Crippen molar-refractivity contribution in [3.63, 3.8) is 0 Å². The first-order valence-corrected chi connectivity index (χ1v) is 13.7. The number of sulfonamides is 1. The minimum atomic E-state index is -3.85. The van der Waals surface area contributed by atoms with E-state index >= 15 is 0 Å². The van der Waals surface area contributed by atoms with Gasteiger partial charge in [-0.3, -0.25) is 14.3 Å². The molecule has 4 rings (SSSR count). The summed E-state index contributed by atoms with van der Waals surface area (Å²) in [6.07, 6.45) is 0. The zero-order valence-corrected chi connectivity index (χ0v) is 22.0. The molecule has 3 aromatic carbocycles. The fraction of sp³-hybridized carbons (Fsp3) is 0.154. The summed E-state index contributed by atoms with van der Waals surface area (Å²) in [6, 6.07) is 18.6. The van der Waals surface area contributed by atoms with Gasteiger partial charge in [-0.2, -0.15) is 4.99 Å². The van der Waals surface area contributed by atoms with Gasteiger partial charge < -0.3 is 14.0 Å². The second-order valence-electron chi connectivity index (χ2n) is 7.87. The average Bonchev–Trinajstić information content (AvgIpc) is 3.24. The molecule has 196 valence electrons. The number of fused-ring (bicyclic) bond motifs is 1. The molecule has 10 nitrogen and oxygen atoms in total. The third-order valence-electron chi connectivity index (χ3n) is 5.31. The van der Waals surface area contributed by atoms with Crippen LogP contribution < -0.4 is 9.52 Å². The van der Waals surface area contributed by atoms with E-state index in [-0.39, 0.29) is 34.1 Å². The number of carbonyl (C=O) groups is 3. The van der Waals surface area contributed by atoms with Crippen LogP contribution in [-0.4, -0.2) is 44.5 Å². The maximum Gasteiger partial charge on any atom is 0.337 e. The molecule has 1 N–H and O–H groups in total. The van der Waals surface area contributed by atoms with Gasteiger partial charge in [0.2, 0.25) is 0 Å². The zero-order valence-electron chi connectivity index (χ0n) is 20.4. The Morgan fingerprint density at radius 3 is 2.45 bits per heavy atom. The molecule has 4 aromatic rings. The second kappa shape index (κ2) is 11.4. The van der Waals surface area contributed by atoms with Crippen LogP contribution in [0, 0.1) is 0 Å². The highest BCUT2D eigenvalue weighted by Gasteiger charge is 2.17. The van der Waals surface area contributed by atoms with Gasteiger partial charge in [0.05, 0.1) is 34.4 Å². The number of benzene rings is 3. The maximum atomic E-state index is 13.1. The quantitative estimate of drug-likeness (QED) is 0.330. The van der Waals surface area contributed by atoms with Crippen LogP contribution in [-0.2, 0) is 30.8 Å². The van der Waals surface area contributed by atoms with Gasteiger partial charge in [-0.05, 0) is 55.5 Å². The van der Waals surface area contributed by atoms with Crippen molar-refractivity contribution in [2.45, 2.75) is 18.4 Å². The van der Waals surface area contributed by atoms with Crippen LogP contribution in [0.4, 0.5) is 5.69 Å². The molecular weight excluding hydrogens is 530 g/mol. The van der Waals surface area contributed by atoms with Crippen LogP contribution in [0.3, 0.4) is 0 Å². The molecule has 0 aliphatic heterocycles. The summed E-state index contributed by atoms with van der Waals surface area (Å²) in [6.45, 7) is 1.67. The van der Waals surface area contributed by atoms with Gasteiger partial charge in [0.25, 0.3) is 15.9 Å². The van der Waals surface area contributed by atoms with Crippen LogP contribution in [0.5, 0.6) is 0 Å². The number of anilines is 1. The first-order valence-electron chi connectivity index (χ1n) is 11.4. The minimum Gasteiger partial charge on any atom is -0.465 e. The summed E-state index contributed by atoms with van der Waals surface area (Å²) in [4.78, 5) is 41.9. The number of nitrogens with zero attached hydrogens (tertiary/aromatic N) is 2. The van der Waals surface area contributed by atoms with Gasteiger partial charge in [-0.15, -0.1) is 0 Å². The molecule has 0 saturated carbocycles. The number of carbonyl (C=O) groups excluding carboxylic acids is 3. The van der Waals surface area contributed by atoms with E-state index in [0.717, 1.165) is 11.3 Å². The molecule has 0 fully saturated rings. The van der Waals surface area contributed by atoms with Gasteiger partial charge >= 0.3 is 11.9 Å². The Kier molecular flexibility index (Phi) is 8.03. The normalized spacial score (nSPS) is 11.8. The van der Waals surface area contributed by atoms with Crippen molar-refractivity contribution in [1.82, 2.24) is 4.57 Å². The average molecular weight is 554 g/mol. The van der Waals surface area contributed by atoms with Crippen molar-refractivity contribution in [3.05, 3.63) is 88.7 Å². The standard InChI is InChI=1S/C26H23N3O7S2/c1-3-36-23(30)16-29-21-13-12-18(25(32)35-2)15-22(21)37-26(29)27-24(31)17-8-7-9-19(14-17)28-38(33,34)20-10-5-4-6-11-20/h4-15,28H,3,16H2,1-2H3. The Bertz CT molecular complexity index is 1690. The van der Waals surface area contributed by atoms with E-state index < -0.39 is 27.9 Å². The van der Waals surface area contributed by atoms with Gasteiger partial charge in [-0.1, -0.05) is 35.6 Å². The number of hydrogen-bond donors (Lipinski definition) is 1. The Labute approximate surface area is 222 Å². The fourth-order valence-electron chi connectivity index (χ4n) is 3.57. The van der Waals surface area contributed by atoms with Gasteiger partial charge in [-0.25, -0.2) is 13.2 Å². The van der Waals surface area contributed by atoms with Crippen molar-refractivity contribution in [1.29, 1.82) is 0 Å². The van der Waals surface area contributed by atoms with E-state index in [1.807, 2.05) is 0 Å². The molecule has 0 aliphatic rings. The maximum absolute atomic E-state index is 13.1. The molecule has 1 heterocycles. The molecule has 1 aromatic heterocycles. The fourth-order valence-corrected chi connectivity index (χ4v) is 5.71. The first kappa shape index (κ1) is 26.8. The van der Waals surface area contributed by atoms with Crippen LogP contribution >= 0.6 is 11.3 Å². The van der Waals surface area contributed by atoms with Gasteiger partial charge in [0.15, 0.2) is 4.80 Å². The van der Waals surface area contributed by atoms with Crippen molar-refractivity contribution >= 4 is 55.1 Å². The van der Waals surface area contributed by atoms with Gasteiger partial charge in [0, 0.05) is 11.3 Å². The molecule has 0 aliphatic carbocycles. The highest BCUT2D eigenvalue weighted by molar-refractivity contribution is 7.92. The monoisotopic (exact) mass is 553 g/mol. The van der Waals surface area contributed by atoms with E-state index in [2.05, 4.69) is 9.71 Å². The predicted molar refractivity (Wildman–Crippen MR) is 141 cm³/mol. The Morgan fingerprint density at radius 2 is 1.74 bits per heavy atom. The molecular formula is C26H23N3O7S2. The first-order chi connectivity index (χ1) is 18.2. The van der Waals surface area contributed by atoms with Crippen LogP contribution in [0.25, 0.3) is 10.2 Å². The smallest absolute Gasteiger partial charge is 0.337 e. The largest absolute Gasteiger partial charge is 0.465 e. The number of ether oxygens (including phenoxy) is 2. The third-order valence-corrected chi connectivity index (χ3v) is 7.75. The SMILES string of the molecule is CCOC(=O)Cn1c(=NC(=O)c2cccc(NS(=O)(=O)c3ccccc3)c2)sc2cc(C(=O)OC)ccc21. The van der Waals surface area contributed by atoms with Crippen molar-refractivity contribution in [3.8, 4) is 0 Å². The summed E-state index contributed by atoms with van der Waals surface area (Å²) in [5, 5.41) is 0. The van der Waals surface area contributed by atoms with Crippen LogP contribution in [0.15, 0.2) is 82.7 Å². The van der Waals surface area contributed by atoms with Gasteiger partial charge in [0.1, 0.15) is 6.54 Å². The number of esters is 2. The van der Waals surface area contributed by atoms with E-state index in [9.17, 15) is 22.8 Å². The molecule has 1 amide bonds. The summed E-state index contributed by atoms with van der Waals surface area (Å²) in [5.41, 5.74) is 1.20. The molecule has 0 spiro atoms. The number of nitrogens with one attached hydrogen (secondary N) is 1. The summed E-state index contributed by atoms with van der Waals surface area (Å²) in [5.74, 6) is -1.69. The lowest BCUT2D eigenvalue weighted by Gasteiger charge is -2.08. The minimum absolute atomic E-state index is 0.0815. The molecule has 0 bridgehead atoms. The van der Waals surface area contributed by atoms with Crippen LogP contribution in [0.1, 0.15) is 27.6 Å². The summed E-state index contributed by atoms with van der Waals surface area (Å²) < 4.78 is 39.8. The Morgan fingerprint density at radius 1 is 0.974 bits per heavy atom. The second-order valence-corrected chi connectivity index (χ2v) is 10.6. The van der Waals surface area contributed by atoms with E-state index in [4.69, 9.17) is 9.47 Å². The molecule has 38 heavy (non-hydrogen) atoms. The number of rotatable bonds is 8.